The molecule has 2 heterocycles. The first-order chi connectivity index (χ1) is 17.1. The molecule has 1 saturated heterocycles. The van der Waals surface area contributed by atoms with Crippen molar-refractivity contribution < 1.29 is 19.0 Å². The molecule has 0 radical (unpaired) electrons. The first kappa shape index (κ1) is 23.2. The third kappa shape index (κ3) is 4.82. The molecule has 6 heteroatoms. The SMILES string of the molecule is CC1=C(C2=CC(C#N)=CCC2)C(c2ccc(OCCN3CC(CF)C3)cc2)Oc2cc(O)ccc21. The number of likely N-dealkylation sites (tertiary alicyclic amines) is 1. The minimum absolute atomic E-state index is 0.161. The fourth-order valence-corrected chi connectivity index (χ4v) is 5.07. The third-order valence-electron chi connectivity index (χ3n) is 6.97. The van der Waals surface area contributed by atoms with Crippen LogP contribution in [0.1, 0.15) is 37.0 Å². The zero-order chi connectivity index (χ0) is 24.4. The number of nitriles is 1. The number of hydrogen-bond donors (Lipinski definition) is 1. The summed E-state index contributed by atoms with van der Waals surface area (Å²) in [4.78, 5) is 2.20. The van der Waals surface area contributed by atoms with Gasteiger partial charge in [-0.05, 0) is 66.8 Å². The topological polar surface area (TPSA) is 65.7 Å². The number of aromatic hydroxyl groups is 1. The van der Waals surface area contributed by atoms with Crippen molar-refractivity contribution in [1.29, 1.82) is 5.26 Å². The molecular weight excluding hydrogens is 443 g/mol. The molecule has 2 aliphatic heterocycles. The summed E-state index contributed by atoms with van der Waals surface area (Å²) >= 11 is 0. The lowest BCUT2D eigenvalue weighted by Gasteiger charge is -2.37. The number of benzene rings is 2. The Labute approximate surface area is 205 Å². The van der Waals surface area contributed by atoms with Gasteiger partial charge in [0.2, 0.25) is 0 Å². The lowest BCUT2D eigenvalue weighted by Crippen LogP contribution is -2.49. The molecule has 0 saturated carbocycles. The van der Waals surface area contributed by atoms with Crippen molar-refractivity contribution in [1.82, 2.24) is 4.90 Å². The Morgan fingerprint density at radius 1 is 1.20 bits per heavy atom. The number of fused-ring (bicyclic) bond motifs is 1. The predicted molar refractivity (Wildman–Crippen MR) is 133 cm³/mol. The van der Waals surface area contributed by atoms with Crippen LogP contribution in [-0.2, 0) is 0 Å². The number of phenolic OH excluding ortho intramolecular Hbond substituents is 1. The molecule has 3 aliphatic rings. The molecule has 1 N–H and O–H groups in total. The summed E-state index contributed by atoms with van der Waals surface area (Å²) in [5.74, 6) is 1.76. The van der Waals surface area contributed by atoms with E-state index in [4.69, 9.17) is 9.47 Å². The fourth-order valence-electron chi connectivity index (χ4n) is 5.07. The maximum atomic E-state index is 12.6. The molecule has 2 aromatic rings. The van der Waals surface area contributed by atoms with Crippen LogP contribution < -0.4 is 9.47 Å². The maximum absolute atomic E-state index is 12.6. The van der Waals surface area contributed by atoms with Crippen molar-refractivity contribution in [2.45, 2.75) is 25.9 Å². The van der Waals surface area contributed by atoms with E-state index in [0.29, 0.717) is 17.9 Å². The van der Waals surface area contributed by atoms with Gasteiger partial charge in [-0.15, -0.1) is 0 Å². The Hall–Kier alpha value is -3.56. The average Bonchev–Trinajstić information content (AvgIpc) is 2.85. The van der Waals surface area contributed by atoms with Crippen molar-refractivity contribution >= 4 is 5.57 Å². The van der Waals surface area contributed by atoms with Crippen LogP contribution in [0.4, 0.5) is 4.39 Å². The fraction of sp³-hybridized carbons (Fsp3) is 0.345. The molecule has 1 unspecified atom stereocenters. The van der Waals surface area contributed by atoms with Gasteiger partial charge in [0, 0.05) is 48.3 Å². The van der Waals surface area contributed by atoms with Crippen LogP contribution in [0.15, 0.2) is 71.3 Å². The molecular formula is C29H29FN2O3. The maximum Gasteiger partial charge on any atom is 0.149 e. The predicted octanol–water partition coefficient (Wildman–Crippen LogP) is 5.75. The molecule has 5 nitrogen and oxygen atoms in total. The van der Waals surface area contributed by atoms with Crippen molar-refractivity contribution in [3.8, 4) is 23.3 Å². The van der Waals surface area contributed by atoms with E-state index in [-0.39, 0.29) is 24.4 Å². The minimum atomic E-state index is -0.360. The molecule has 180 valence electrons. The van der Waals surface area contributed by atoms with Crippen LogP contribution in [-0.4, -0.2) is 42.9 Å². The van der Waals surface area contributed by atoms with E-state index in [1.807, 2.05) is 42.5 Å². The highest BCUT2D eigenvalue weighted by molar-refractivity contribution is 5.79. The Kier molecular flexibility index (Phi) is 6.61. The van der Waals surface area contributed by atoms with Crippen LogP contribution in [0.2, 0.25) is 0 Å². The van der Waals surface area contributed by atoms with E-state index < -0.39 is 0 Å². The van der Waals surface area contributed by atoms with Gasteiger partial charge in [0.05, 0.1) is 12.7 Å². The van der Waals surface area contributed by atoms with Gasteiger partial charge in [-0.25, -0.2) is 0 Å². The Balaban J connectivity index is 1.38. The molecule has 2 aromatic carbocycles. The highest BCUT2D eigenvalue weighted by atomic mass is 19.1. The molecule has 0 aromatic heterocycles. The molecule has 5 rings (SSSR count). The van der Waals surface area contributed by atoms with Gasteiger partial charge in [0.25, 0.3) is 0 Å². The van der Waals surface area contributed by atoms with Gasteiger partial charge in [0.15, 0.2) is 0 Å². The quantitative estimate of drug-likeness (QED) is 0.556. The second kappa shape index (κ2) is 9.97. The third-order valence-corrected chi connectivity index (χ3v) is 6.97. The summed E-state index contributed by atoms with van der Waals surface area (Å²) < 4.78 is 25.0. The number of allylic oxidation sites excluding steroid dienone is 4. The van der Waals surface area contributed by atoms with Crippen molar-refractivity contribution in [2.75, 3.05) is 32.9 Å². The van der Waals surface area contributed by atoms with Crippen molar-refractivity contribution in [3.63, 3.8) is 0 Å². The molecule has 1 fully saturated rings. The van der Waals surface area contributed by atoms with E-state index >= 15 is 0 Å². The summed E-state index contributed by atoms with van der Waals surface area (Å²) in [5.41, 5.74) is 5.85. The Morgan fingerprint density at radius 3 is 2.74 bits per heavy atom. The summed E-state index contributed by atoms with van der Waals surface area (Å²) in [6.07, 6.45) is 5.23. The van der Waals surface area contributed by atoms with E-state index in [9.17, 15) is 14.8 Å². The number of nitrogens with zero attached hydrogens (tertiary/aromatic N) is 2. The summed E-state index contributed by atoms with van der Waals surface area (Å²) in [6.45, 7) is 4.80. The van der Waals surface area contributed by atoms with Gasteiger partial charge in [0.1, 0.15) is 30.0 Å². The highest BCUT2D eigenvalue weighted by Crippen LogP contribution is 2.47. The number of rotatable bonds is 7. The number of phenols is 1. The lowest BCUT2D eigenvalue weighted by molar-refractivity contribution is 0.0668. The first-order valence-corrected chi connectivity index (χ1v) is 12.1. The number of ether oxygens (including phenoxy) is 2. The highest BCUT2D eigenvalue weighted by Gasteiger charge is 2.31. The summed E-state index contributed by atoms with van der Waals surface area (Å²) in [7, 11) is 0. The average molecular weight is 473 g/mol. The second-order valence-electron chi connectivity index (χ2n) is 9.39. The van der Waals surface area contributed by atoms with E-state index in [2.05, 4.69) is 17.9 Å². The standard InChI is InChI=1S/C29H29FN2O3/c1-19-26-10-7-24(33)14-27(26)35-29(28(19)23-4-2-3-20(13-23)16-31)22-5-8-25(9-6-22)34-12-11-32-17-21(15-30)18-32/h3,5-10,13-14,21,29,33H,2,4,11-12,15,17-18H2,1H3. The van der Waals surface area contributed by atoms with Crippen LogP contribution in [0.5, 0.6) is 17.2 Å². The van der Waals surface area contributed by atoms with Crippen LogP contribution >= 0.6 is 0 Å². The lowest BCUT2D eigenvalue weighted by atomic mass is 9.82. The summed E-state index contributed by atoms with van der Waals surface area (Å²) in [5, 5.41) is 19.5. The number of halogens is 1. The second-order valence-corrected chi connectivity index (χ2v) is 9.39. The van der Waals surface area contributed by atoms with Crippen LogP contribution in [0.3, 0.4) is 0 Å². The molecule has 1 aliphatic carbocycles. The minimum Gasteiger partial charge on any atom is -0.508 e. The van der Waals surface area contributed by atoms with E-state index in [0.717, 1.165) is 66.1 Å². The molecule has 35 heavy (non-hydrogen) atoms. The van der Waals surface area contributed by atoms with Gasteiger partial charge in [-0.1, -0.05) is 18.2 Å². The van der Waals surface area contributed by atoms with Gasteiger partial charge in [-0.2, -0.15) is 5.26 Å². The van der Waals surface area contributed by atoms with Gasteiger partial charge >= 0.3 is 0 Å². The Morgan fingerprint density at radius 2 is 2.00 bits per heavy atom. The van der Waals surface area contributed by atoms with Crippen molar-refractivity contribution in [2.24, 2.45) is 5.92 Å². The molecule has 1 atom stereocenters. The number of alkyl halides is 1. The monoisotopic (exact) mass is 472 g/mol. The normalized spacial score (nSPS) is 20.2. The van der Waals surface area contributed by atoms with Gasteiger partial charge < -0.3 is 14.6 Å². The smallest absolute Gasteiger partial charge is 0.149 e. The van der Waals surface area contributed by atoms with E-state index in [1.54, 1.807) is 12.1 Å². The largest absolute Gasteiger partial charge is 0.508 e. The molecule has 0 bridgehead atoms. The number of hydrogen-bond acceptors (Lipinski definition) is 5. The Bertz CT molecular complexity index is 1230. The van der Waals surface area contributed by atoms with Crippen molar-refractivity contribution in [3.05, 3.63) is 82.5 Å². The van der Waals surface area contributed by atoms with E-state index in [1.165, 1.54) is 0 Å². The van der Waals surface area contributed by atoms with Gasteiger partial charge in [-0.3, -0.25) is 9.29 Å². The first-order valence-electron chi connectivity index (χ1n) is 12.1. The molecule has 0 amide bonds. The van der Waals surface area contributed by atoms with Crippen LogP contribution in [0.25, 0.3) is 5.57 Å². The molecule has 0 spiro atoms. The zero-order valence-corrected chi connectivity index (χ0v) is 19.8. The van der Waals surface area contributed by atoms with Crippen LogP contribution in [0, 0.1) is 17.2 Å². The zero-order valence-electron chi connectivity index (χ0n) is 19.8. The summed E-state index contributed by atoms with van der Waals surface area (Å²) in [6, 6.07) is 15.4.